The van der Waals surface area contributed by atoms with Crippen LogP contribution in [0.3, 0.4) is 0 Å². The average Bonchev–Trinajstić information content (AvgIpc) is 2.75. The lowest BCUT2D eigenvalue weighted by Gasteiger charge is -2.03. The fourth-order valence-corrected chi connectivity index (χ4v) is 4.23. The van der Waals surface area contributed by atoms with Crippen LogP contribution in [0.4, 0.5) is 0 Å². The quantitative estimate of drug-likeness (QED) is 0.143. The molecule has 1 heteroatoms. The van der Waals surface area contributed by atoms with E-state index in [4.69, 9.17) is 0 Å². The Hall–Kier alpha value is -0.850. The lowest BCUT2D eigenvalue weighted by molar-refractivity contribution is -0.697. The molecule has 168 valence electrons. The van der Waals surface area contributed by atoms with Crippen molar-refractivity contribution in [3.8, 4) is 0 Å². The largest absolute Gasteiger partial charge is 0.205 e. The molecule has 0 bridgehead atoms. The topological polar surface area (TPSA) is 3.88 Å². The molecule has 0 atom stereocenters. The number of hydrogen-bond donors (Lipinski definition) is 0. The second-order valence-electron chi connectivity index (χ2n) is 9.20. The number of aromatic nitrogens is 1. The van der Waals surface area contributed by atoms with Crippen molar-refractivity contribution in [2.45, 2.75) is 149 Å². The number of unbranched alkanes of at least 4 members (excludes halogenated alkanes) is 17. The highest BCUT2D eigenvalue weighted by atomic mass is 14.9. The molecular weight excluding hydrogens is 350 g/mol. The number of nitrogens with zero attached hydrogens (tertiary/aromatic N) is 1. The molecule has 1 aromatic rings. The van der Waals surface area contributed by atoms with E-state index < -0.39 is 0 Å². The summed E-state index contributed by atoms with van der Waals surface area (Å²) in [5.41, 5.74) is 1.52. The molecule has 0 aromatic carbocycles. The highest BCUT2D eigenvalue weighted by Gasteiger charge is 2.02. The zero-order chi connectivity index (χ0) is 20.8. The summed E-state index contributed by atoms with van der Waals surface area (Å²) in [6.07, 6.45) is 32.8. The zero-order valence-corrected chi connectivity index (χ0v) is 20.1. The van der Waals surface area contributed by atoms with Crippen molar-refractivity contribution in [2.75, 3.05) is 0 Å². The van der Waals surface area contributed by atoms with E-state index in [1.807, 2.05) is 0 Å². The van der Waals surface area contributed by atoms with Gasteiger partial charge in [0.25, 0.3) is 0 Å². The van der Waals surface area contributed by atoms with Gasteiger partial charge in [0.1, 0.15) is 6.54 Å². The molecule has 0 aliphatic carbocycles. The van der Waals surface area contributed by atoms with Gasteiger partial charge >= 0.3 is 0 Å². The van der Waals surface area contributed by atoms with Crippen LogP contribution in [0, 0.1) is 0 Å². The Morgan fingerprint density at radius 3 is 1.31 bits per heavy atom. The summed E-state index contributed by atoms with van der Waals surface area (Å²) < 4.78 is 2.38. The minimum absolute atomic E-state index is 1.19. The van der Waals surface area contributed by atoms with E-state index in [-0.39, 0.29) is 0 Å². The summed E-state index contributed by atoms with van der Waals surface area (Å²) in [5.74, 6) is 0. The van der Waals surface area contributed by atoms with Gasteiger partial charge in [-0.2, -0.15) is 0 Å². The highest BCUT2D eigenvalue weighted by molar-refractivity contribution is 5.07. The van der Waals surface area contributed by atoms with Gasteiger partial charge in [0, 0.05) is 18.6 Å². The van der Waals surface area contributed by atoms with E-state index in [1.54, 1.807) is 0 Å². The molecule has 0 saturated carbocycles. The number of hydrogen-bond acceptors (Lipinski definition) is 0. The number of pyridine rings is 1. The second kappa shape index (κ2) is 20.4. The third-order valence-corrected chi connectivity index (χ3v) is 6.30. The third-order valence-electron chi connectivity index (χ3n) is 6.30. The predicted octanol–water partition coefficient (Wildman–Crippen LogP) is 8.97. The van der Waals surface area contributed by atoms with Gasteiger partial charge in [0.15, 0.2) is 12.4 Å². The maximum Gasteiger partial charge on any atom is 0.169 e. The van der Waals surface area contributed by atoms with Crippen LogP contribution in [0.5, 0.6) is 0 Å². The van der Waals surface area contributed by atoms with Crippen LogP contribution in [0.2, 0.25) is 0 Å². The van der Waals surface area contributed by atoms with Crippen LogP contribution in [0.15, 0.2) is 24.5 Å². The van der Waals surface area contributed by atoms with Crippen molar-refractivity contribution in [3.63, 3.8) is 0 Å². The molecular formula is C28H52N+. The van der Waals surface area contributed by atoms with E-state index in [1.165, 1.54) is 141 Å². The van der Waals surface area contributed by atoms with Gasteiger partial charge in [-0.25, -0.2) is 4.57 Å². The van der Waals surface area contributed by atoms with Gasteiger partial charge in [-0.05, 0) is 24.8 Å². The highest BCUT2D eigenvalue weighted by Crippen LogP contribution is 2.12. The first-order valence-corrected chi connectivity index (χ1v) is 13.3. The first-order chi connectivity index (χ1) is 14.4. The van der Waals surface area contributed by atoms with Crippen LogP contribution < -0.4 is 4.57 Å². The molecule has 0 fully saturated rings. The smallest absolute Gasteiger partial charge is 0.169 e. The minimum atomic E-state index is 1.19. The fraction of sp³-hybridized carbons (Fsp3) is 0.821. The van der Waals surface area contributed by atoms with Crippen molar-refractivity contribution in [1.29, 1.82) is 0 Å². The zero-order valence-electron chi connectivity index (χ0n) is 20.1. The molecule has 0 N–H and O–H groups in total. The molecule has 0 radical (unpaired) electrons. The molecule has 0 saturated heterocycles. The Bertz CT molecular complexity index is 436. The van der Waals surface area contributed by atoms with Crippen molar-refractivity contribution >= 4 is 0 Å². The van der Waals surface area contributed by atoms with Crippen LogP contribution in [-0.2, 0) is 13.0 Å². The van der Waals surface area contributed by atoms with Gasteiger partial charge in [-0.1, -0.05) is 117 Å². The Morgan fingerprint density at radius 1 is 0.483 bits per heavy atom. The van der Waals surface area contributed by atoms with E-state index in [0.717, 1.165) is 0 Å². The van der Waals surface area contributed by atoms with Crippen molar-refractivity contribution < 1.29 is 4.57 Å². The average molecular weight is 403 g/mol. The van der Waals surface area contributed by atoms with Crippen molar-refractivity contribution in [2.24, 2.45) is 0 Å². The third kappa shape index (κ3) is 16.6. The van der Waals surface area contributed by atoms with Crippen molar-refractivity contribution in [3.05, 3.63) is 30.1 Å². The number of aryl methyl sites for hydroxylation is 2. The molecule has 0 unspecified atom stereocenters. The Morgan fingerprint density at radius 2 is 0.862 bits per heavy atom. The normalized spacial score (nSPS) is 11.2. The summed E-state index contributed by atoms with van der Waals surface area (Å²) in [6, 6.07) is 4.68. The van der Waals surface area contributed by atoms with E-state index in [2.05, 4.69) is 42.9 Å². The van der Waals surface area contributed by atoms with Crippen LogP contribution in [0.25, 0.3) is 0 Å². The maximum atomic E-state index is 2.38. The van der Waals surface area contributed by atoms with Gasteiger partial charge in [0.2, 0.25) is 0 Å². The van der Waals surface area contributed by atoms with Gasteiger partial charge in [0.05, 0.1) is 0 Å². The monoisotopic (exact) mass is 402 g/mol. The molecule has 0 aliphatic rings. The van der Waals surface area contributed by atoms with E-state index in [0.29, 0.717) is 0 Å². The second-order valence-corrected chi connectivity index (χ2v) is 9.20. The van der Waals surface area contributed by atoms with Crippen molar-refractivity contribution in [1.82, 2.24) is 0 Å². The standard InChI is InChI=1S/C28H52N/c1-3-5-7-9-11-12-13-14-15-16-17-19-21-25-29-26-23-28(24-27-29)22-20-18-10-8-6-4-2/h23-24,26-27H,3-22,25H2,1-2H3/q+1. The maximum absolute atomic E-state index is 2.38. The minimum Gasteiger partial charge on any atom is -0.205 e. The molecule has 1 rings (SSSR count). The lowest BCUT2D eigenvalue weighted by Crippen LogP contribution is -2.32. The number of rotatable bonds is 21. The lowest BCUT2D eigenvalue weighted by atomic mass is 10.0. The van der Waals surface area contributed by atoms with Gasteiger partial charge in [-0.15, -0.1) is 0 Å². The van der Waals surface area contributed by atoms with E-state index >= 15 is 0 Å². The summed E-state index contributed by atoms with van der Waals surface area (Å²) >= 11 is 0. The molecule has 0 spiro atoms. The summed E-state index contributed by atoms with van der Waals surface area (Å²) in [7, 11) is 0. The molecule has 1 heterocycles. The van der Waals surface area contributed by atoms with Crippen LogP contribution in [-0.4, -0.2) is 0 Å². The Balaban J connectivity index is 1.89. The molecule has 0 amide bonds. The molecule has 1 aromatic heterocycles. The first-order valence-electron chi connectivity index (χ1n) is 13.3. The summed E-state index contributed by atoms with van der Waals surface area (Å²) in [5, 5.41) is 0. The predicted molar refractivity (Wildman–Crippen MR) is 129 cm³/mol. The van der Waals surface area contributed by atoms with Crippen LogP contribution in [0.1, 0.15) is 141 Å². The molecule has 1 nitrogen and oxygen atoms in total. The fourth-order valence-electron chi connectivity index (χ4n) is 4.23. The first kappa shape index (κ1) is 26.2. The summed E-state index contributed by atoms with van der Waals surface area (Å²) in [6.45, 7) is 5.78. The van der Waals surface area contributed by atoms with Crippen LogP contribution >= 0.6 is 0 Å². The van der Waals surface area contributed by atoms with Gasteiger partial charge < -0.3 is 0 Å². The van der Waals surface area contributed by atoms with Gasteiger partial charge in [-0.3, -0.25) is 0 Å². The summed E-state index contributed by atoms with van der Waals surface area (Å²) in [4.78, 5) is 0. The molecule has 0 aliphatic heterocycles. The molecule has 29 heavy (non-hydrogen) atoms. The Kier molecular flexibility index (Phi) is 18.4. The SMILES string of the molecule is CCCCCCCCCCCCCCC[n+]1ccc(CCCCCCCC)cc1. The Labute approximate surface area is 183 Å². The van der Waals surface area contributed by atoms with E-state index in [9.17, 15) is 0 Å².